The number of nitrogens with one attached hydrogen (secondary N) is 1. The molecule has 44 heavy (non-hydrogen) atoms. The van der Waals surface area contributed by atoms with E-state index in [-0.39, 0.29) is 46.9 Å². The van der Waals surface area contributed by atoms with Gasteiger partial charge in [0.15, 0.2) is 11.5 Å². The molecule has 3 aliphatic rings. The van der Waals surface area contributed by atoms with Crippen molar-refractivity contribution in [3.05, 3.63) is 52.8 Å². The number of methoxy groups -OCH3 is 3. The third-order valence-electron chi connectivity index (χ3n) is 9.07. The summed E-state index contributed by atoms with van der Waals surface area (Å²) in [6, 6.07) is 7.06. The van der Waals surface area contributed by atoms with Crippen LogP contribution in [0, 0.1) is 11.8 Å². The summed E-state index contributed by atoms with van der Waals surface area (Å²) < 4.78 is 16.0. The quantitative estimate of drug-likeness (QED) is 0.527. The number of carbonyl (C=O) groups excluding carboxylic acids is 4. The van der Waals surface area contributed by atoms with E-state index in [1.165, 1.54) is 13.3 Å². The molecule has 0 aliphatic carbocycles. The molecule has 0 spiro atoms. The number of hydrogen-bond acceptors (Lipinski definition) is 8. The van der Waals surface area contributed by atoms with Crippen LogP contribution in [0.25, 0.3) is 0 Å². The number of aromatic nitrogens is 1. The van der Waals surface area contributed by atoms with Gasteiger partial charge in [-0.25, -0.2) is 4.79 Å². The number of esters is 1. The van der Waals surface area contributed by atoms with Gasteiger partial charge in [0.1, 0.15) is 5.69 Å². The molecule has 1 aromatic heterocycles. The maximum absolute atomic E-state index is 13.8. The number of benzene rings is 1. The first-order valence-corrected chi connectivity index (χ1v) is 15.4. The number of nitrogens with zero attached hydrogens (tertiary/aromatic N) is 3. The Morgan fingerprint density at radius 1 is 0.955 bits per heavy atom. The molecule has 0 radical (unpaired) electrons. The Morgan fingerprint density at radius 3 is 2.52 bits per heavy atom. The van der Waals surface area contributed by atoms with Gasteiger partial charge in [0, 0.05) is 51.3 Å². The molecule has 3 amide bonds. The molecule has 2 saturated heterocycles. The molecule has 3 atom stereocenters. The van der Waals surface area contributed by atoms with E-state index in [1.54, 1.807) is 26.4 Å². The van der Waals surface area contributed by atoms with Gasteiger partial charge in [-0.05, 0) is 79.7 Å². The van der Waals surface area contributed by atoms with E-state index in [0.29, 0.717) is 69.8 Å². The van der Waals surface area contributed by atoms with Gasteiger partial charge in [0.2, 0.25) is 11.8 Å². The number of ether oxygens (including phenoxy) is 3. The lowest BCUT2D eigenvalue weighted by Crippen LogP contribution is -2.60. The largest absolute Gasteiger partial charge is 0.493 e. The second kappa shape index (κ2) is 14.1. The molecule has 5 rings (SSSR count). The summed E-state index contributed by atoms with van der Waals surface area (Å²) in [5, 5.41) is 3.04. The molecule has 11 nitrogen and oxygen atoms in total. The molecule has 1 aromatic carbocycles. The van der Waals surface area contributed by atoms with Crippen LogP contribution in [0.1, 0.15) is 70.5 Å². The van der Waals surface area contributed by atoms with Crippen molar-refractivity contribution in [2.75, 3.05) is 47.5 Å². The van der Waals surface area contributed by atoms with E-state index in [2.05, 4.69) is 16.4 Å². The van der Waals surface area contributed by atoms with Crippen molar-refractivity contribution in [2.45, 2.75) is 57.4 Å². The van der Waals surface area contributed by atoms with Crippen molar-refractivity contribution in [1.82, 2.24) is 20.1 Å². The van der Waals surface area contributed by atoms with Gasteiger partial charge in [-0.1, -0.05) is 6.07 Å². The molecule has 3 aliphatic heterocycles. The summed E-state index contributed by atoms with van der Waals surface area (Å²) in [6.45, 7) is 2.18. The molecule has 236 valence electrons. The van der Waals surface area contributed by atoms with Crippen LogP contribution in [0.4, 0.5) is 0 Å². The lowest BCUT2D eigenvalue weighted by Gasteiger charge is -2.51. The molecule has 11 heteroatoms. The number of rotatable bonds is 4. The predicted molar refractivity (Wildman–Crippen MR) is 162 cm³/mol. The smallest absolute Gasteiger partial charge is 0.339 e. The summed E-state index contributed by atoms with van der Waals surface area (Å²) >= 11 is 0. The SMILES string of the molecule is COC(=O)c1ccc(C(=O)N2C[C@@H]3C[C@H](C2)[C@@H]2CCCC(=O)NCCCc4cc(cc(OC)c4OC)CCC(=O)N2C3)nc1. The predicted octanol–water partition coefficient (Wildman–Crippen LogP) is 3.04. The normalized spacial score (nSPS) is 22.8. The van der Waals surface area contributed by atoms with Crippen molar-refractivity contribution in [3.8, 4) is 11.5 Å². The van der Waals surface area contributed by atoms with E-state index in [1.807, 2.05) is 15.9 Å². The minimum Gasteiger partial charge on any atom is -0.493 e. The topological polar surface area (TPSA) is 127 Å². The maximum atomic E-state index is 13.8. The second-order valence-corrected chi connectivity index (χ2v) is 11.9. The van der Waals surface area contributed by atoms with Gasteiger partial charge in [-0.2, -0.15) is 0 Å². The van der Waals surface area contributed by atoms with E-state index in [9.17, 15) is 19.2 Å². The van der Waals surface area contributed by atoms with Crippen LogP contribution in [0.2, 0.25) is 0 Å². The second-order valence-electron chi connectivity index (χ2n) is 11.9. The lowest BCUT2D eigenvalue weighted by atomic mass is 9.77. The Morgan fingerprint density at radius 2 is 1.80 bits per heavy atom. The van der Waals surface area contributed by atoms with Gasteiger partial charge in [0.25, 0.3) is 5.91 Å². The molecule has 4 bridgehead atoms. The summed E-state index contributed by atoms with van der Waals surface area (Å²) in [6.07, 6.45) is 6.47. The monoisotopic (exact) mass is 606 g/mol. The zero-order valence-electron chi connectivity index (χ0n) is 25.8. The fraction of sp³-hybridized carbons (Fsp3) is 0.545. The Labute approximate surface area is 258 Å². The first kappa shape index (κ1) is 31.3. The van der Waals surface area contributed by atoms with Crippen LogP contribution >= 0.6 is 0 Å². The molecular weight excluding hydrogens is 564 g/mol. The van der Waals surface area contributed by atoms with Crippen LogP contribution in [-0.4, -0.2) is 92.0 Å². The number of amides is 3. The fourth-order valence-electron chi connectivity index (χ4n) is 6.99. The summed E-state index contributed by atoms with van der Waals surface area (Å²) in [4.78, 5) is 59.8. The molecule has 2 aromatic rings. The molecule has 0 unspecified atom stereocenters. The highest BCUT2D eigenvalue weighted by molar-refractivity contribution is 5.94. The van der Waals surface area contributed by atoms with Crippen LogP contribution in [0.15, 0.2) is 30.5 Å². The minimum atomic E-state index is -0.506. The van der Waals surface area contributed by atoms with Crippen molar-refractivity contribution in [2.24, 2.45) is 11.8 Å². The minimum absolute atomic E-state index is 0.00359. The van der Waals surface area contributed by atoms with Gasteiger partial charge in [0.05, 0.1) is 26.9 Å². The van der Waals surface area contributed by atoms with Crippen molar-refractivity contribution in [1.29, 1.82) is 0 Å². The first-order valence-electron chi connectivity index (χ1n) is 15.4. The zero-order valence-corrected chi connectivity index (χ0v) is 25.8. The third-order valence-corrected chi connectivity index (χ3v) is 9.07. The fourth-order valence-corrected chi connectivity index (χ4v) is 6.99. The summed E-state index contributed by atoms with van der Waals surface area (Å²) in [7, 11) is 4.54. The number of likely N-dealkylation sites (tertiary alicyclic amines) is 1. The number of piperidine rings is 2. The Kier molecular flexibility index (Phi) is 10.0. The van der Waals surface area contributed by atoms with Crippen LogP contribution in [-0.2, 0) is 27.2 Å². The summed E-state index contributed by atoms with van der Waals surface area (Å²) in [5.41, 5.74) is 2.57. The van der Waals surface area contributed by atoms with Crippen LogP contribution in [0.5, 0.6) is 11.5 Å². The number of fused-ring (bicyclic) bond motifs is 6. The summed E-state index contributed by atoms with van der Waals surface area (Å²) in [5.74, 6) is 0.978. The third kappa shape index (κ3) is 6.97. The van der Waals surface area contributed by atoms with E-state index < -0.39 is 5.97 Å². The average molecular weight is 607 g/mol. The van der Waals surface area contributed by atoms with Crippen LogP contribution < -0.4 is 14.8 Å². The highest BCUT2D eigenvalue weighted by Crippen LogP contribution is 2.37. The van der Waals surface area contributed by atoms with Crippen molar-refractivity contribution >= 4 is 23.7 Å². The van der Waals surface area contributed by atoms with Gasteiger partial charge >= 0.3 is 5.97 Å². The standard InChI is InChI=1S/C33H42N4O7/c1-42-28-16-21-9-12-30(39)37-19-22-15-25(20-36(18-22)32(40)26-11-10-24(17-35-26)33(41)44-3)27(37)7-4-8-29(38)34-13-5-6-23(14-21)31(28)43-2/h10-11,14,16-17,22,25,27H,4-9,12-13,15,18-20H2,1-3H3,(H,34,38)/t22-,25+,27-/m0/s1. The highest BCUT2D eigenvalue weighted by atomic mass is 16.5. The molecule has 0 saturated carbocycles. The zero-order chi connectivity index (χ0) is 31.2. The van der Waals surface area contributed by atoms with Gasteiger partial charge < -0.3 is 29.3 Å². The van der Waals surface area contributed by atoms with Crippen LogP contribution in [0.3, 0.4) is 0 Å². The molecular formula is C33H42N4O7. The van der Waals surface area contributed by atoms with E-state index in [0.717, 1.165) is 30.4 Å². The van der Waals surface area contributed by atoms with E-state index in [4.69, 9.17) is 14.2 Å². The van der Waals surface area contributed by atoms with E-state index >= 15 is 0 Å². The Hall–Kier alpha value is -4.15. The average Bonchev–Trinajstić information content (AvgIpc) is 3.04. The number of hydrogen-bond donors (Lipinski definition) is 1. The molecule has 1 N–H and O–H groups in total. The maximum Gasteiger partial charge on any atom is 0.339 e. The van der Waals surface area contributed by atoms with Crippen molar-refractivity contribution in [3.63, 3.8) is 0 Å². The number of carbonyl (C=O) groups is 4. The first-order chi connectivity index (χ1) is 21.3. The lowest BCUT2D eigenvalue weighted by molar-refractivity contribution is -0.140. The van der Waals surface area contributed by atoms with Gasteiger partial charge in [-0.15, -0.1) is 0 Å². The Bertz CT molecular complexity index is 1380. The molecule has 2 fully saturated rings. The number of aryl methyl sites for hydroxylation is 2. The Balaban J connectivity index is 1.35. The van der Waals surface area contributed by atoms with Gasteiger partial charge in [-0.3, -0.25) is 19.4 Å². The highest BCUT2D eigenvalue weighted by Gasteiger charge is 2.43. The molecule has 4 heterocycles. The van der Waals surface area contributed by atoms with Crippen molar-refractivity contribution < 1.29 is 33.4 Å². The number of pyridine rings is 1.